The molecular formula is C9H15ClN2O. The molecule has 4 heteroatoms. The number of aliphatic hydroxyl groups excluding tert-OH is 1. The van der Waals surface area contributed by atoms with Crippen LogP contribution in [0.5, 0.6) is 0 Å². The molecule has 3 N–H and O–H groups in total. The molecule has 0 amide bonds. The number of aromatic nitrogens is 1. The van der Waals surface area contributed by atoms with Crippen LogP contribution in [-0.4, -0.2) is 22.7 Å². The van der Waals surface area contributed by atoms with Crippen molar-refractivity contribution in [2.75, 3.05) is 6.61 Å². The SMILES string of the molecule is Cc1cnccc1CC(N)CO.Cl. The van der Waals surface area contributed by atoms with E-state index in [-0.39, 0.29) is 25.1 Å². The summed E-state index contributed by atoms with van der Waals surface area (Å²) in [7, 11) is 0. The van der Waals surface area contributed by atoms with Crippen LogP contribution >= 0.6 is 12.4 Å². The number of aliphatic hydroxyl groups is 1. The molecular weight excluding hydrogens is 188 g/mol. The molecule has 1 heterocycles. The molecule has 74 valence electrons. The van der Waals surface area contributed by atoms with Gasteiger partial charge >= 0.3 is 0 Å². The van der Waals surface area contributed by atoms with Crippen LogP contribution in [0.15, 0.2) is 18.5 Å². The van der Waals surface area contributed by atoms with E-state index in [1.54, 1.807) is 12.4 Å². The van der Waals surface area contributed by atoms with Crippen molar-refractivity contribution < 1.29 is 5.11 Å². The number of nitrogens with two attached hydrogens (primary N) is 1. The van der Waals surface area contributed by atoms with Gasteiger partial charge in [-0.1, -0.05) is 0 Å². The molecule has 0 aliphatic rings. The first-order chi connectivity index (χ1) is 5.74. The van der Waals surface area contributed by atoms with E-state index >= 15 is 0 Å². The van der Waals surface area contributed by atoms with Crippen LogP contribution in [-0.2, 0) is 6.42 Å². The fourth-order valence-corrected chi connectivity index (χ4v) is 1.08. The molecule has 0 fully saturated rings. The Labute approximate surface area is 84.4 Å². The molecule has 3 nitrogen and oxygen atoms in total. The zero-order valence-electron chi connectivity index (χ0n) is 7.60. The lowest BCUT2D eigenvalue weighted by molar-refractivity contribution is 0.265. The average Bonchev–Trinajstić information content (AvgIpc) is 2.09. The Morgan fingerprint density at radius 2 is 2.31 bits per heavy atom. The summed E-state index contributed by atoms with van der Waals surface area (Å²) in [5, 5.41) is 8.75. The highest BCUT2D eigenvalue weighted by atomic mass is 35.5. The summed E-state index contributed by atoms with van der Waals surface area (Å²) in [5.41, 5.74) is 7.89. The van der Waals surface area contributed by atoms with Gasteiger partial charge in [0.2, 0.25) is 0 Å². The number of hydrogen-bond acceptors (Lipinski definition) is 3. The van der Waals surface area contributed by atoms with Gasteiger partial charge in [0.1, 0.15) is 0 Å². The fraction of sp³-hybridized carbons (Fsp3) is 0.444. The van der Waals surface area contributed by atoms with Gasteiger partial charge in [0.05, 0.1) is 6.61 Å². The molecule has 0 aliphatic carbocycles. The Morgan fingerprint density at radius 3 is 2.85 bits per heavy atom. The number of rotatable bonds is 3. The van der Waals surface area contributed by atoms with E-state index < -0.39 is 0 Å². The Bertz CT molecular complexity index is 255. The van der Waals surface area contributed by atoms with Crippen molar-refractivity contribution in [3.63, 3.8) is 0 Å². The summed E-state index contributed by atoms with van der Waals surface area (Å²) in [5.74, 6) is 0. The normalized spacial score (nSPS) is 11.9. The molecule has 0 radical (unpaired) electrons. The molecule has 1 unspecified atom stereocenters. The summed E-state index contributed by atoms with van der Waals surface area (Å²) in [6.45, 7) is 2.02. The summed E-state index contributed by atoms with van der Waals surface area (Å²) >= 11 is 0. The lowest BCUT2D eigenvalue weighted by Gasteiger charge is -2.09. The topological polar surface area (TPSA) is 59.1 Å². The first-order valence-electron chi connectivity index (χ1n) is 4.00. The lowest BCUT2D eigenvalue weighted by atomic mass is 10.0. The highest BCUT2D eigenvalue weighted by Gasteiger charge is 2.03. The molecule has 1 atom stereocenters. The van der Waals surface area contributed by atoms with E-state index in [1.165, 1.54) is 0 Å². The maximum atomic E-state index is 8.75. The van der Waals surface area contributed by atoms with Gasteiger partial charge in [-0.2, -0.15) is 0 Å². The van der Waals surface area contributed by atoms with Crippen LogP contribution in [0.25, 0.3) is 0 Å². The monoisotopic (exact) mass is 202 g/mol. The minimum atomic E-state index is -0.161. The second-order valence-corrected chi connectivity index (χ2v) is 2.95. The van der Waals surface area contributed by atoms with E-state index in [0.29, 0.717) is 6.42 Å². The van der Waals surface area contributed by atoms with Crippen LogP contribution < -0.4 is 5.73 Å². The van der Waals surface area contributed by atoms with Crippen LogP contribution in [0.4, 0.5) is 0 Å². The lowest BCUT2D eigenvalue weighted by Crippen LogP contribution is -2.27. The highest BCUT2D eigenvalue weighted by molar-refractivity contribution is 5.85. The van der Waals surface area contributed by atoms with Gasteiger partial charge < -0.3 is 10.8 Å². The Kier molecular flexibility index (Phi) is 5.62. The van der Waals surface area contributed by atoms with Crippen molar-refractivity contribution in [3.05, 3.63) is 29.6 Å². The van der Waals surface area contributed by atoms with Crippen molar-refractivity contribution in [3.8, 4) is 0 Å². The number of hydrogen-bond donors (Lipinski definition) is 2. The van der Waals surface area contributed by atoms with E-state index in [4.69, 9.17) is 10.8 Å². The molecule has 0 aliphatic heterocycles. The molecule has 1 aromatic heterocycles. The van der Waals surface area contributed by atoms with E-state index in [2.05, 4.69) is 4.98 Å². The first-order valence-corrected chi connectivity index (χ1v) is 4.00. The molecule has 1 aromatic rings. The zero-order chi connectivity index (χ0) is 8.97. The molecule has 13 heavy (non-hydrogen) atoms. The number of pyridine rings is 1. The predicted octanol–water partition coefficient (Wildman–Crippen LogP) is 0.674. The van der Waals surface area contributed by atoms with Crippen LogP contribution in [0.3, 0.4) is 0 Å². The zero-order valence-corrected chi connectivity index (χ0v) is 8.42. The Balaban J connectivity index is 0.00000144. The van der Waals surface area contributed by atoms with E-state index in [1.807, 2.05) is 13.0 Å². The van der Waals surface area contributed by atoms with Crippen molar-refractivity contribution >= 4 is 12.4 Å². The first kappa shape index (κ1) is 12.4. The van der Waals surface area contributed by atoms with Gasteiger partial charge in [-0.05, 0) is 30.5 Å². The van der Waals surface area contributed by atoms with Gasteiger partial charge in [0.25, 0.3) is 0 Å². The summed E-state index contributed by atoms with van der Waals surface area (Å²) < 4.78 is 0. The molecule has 0 saturated heterocycles. The van der Waals surface area contributed by atoms with Crippen molar-refractivity contribution in [1.82, 2.24) is 4.98 Å². The van der Waals surface area contributed by atoms with Crippen LogP contribution in [0, 0.1) is 6.92 Å². The number of nitrogens with zero attached hydrogens (tertiary/aromatic N) is 1. The third-order valence-corrected chi connectivity index (χ3v) is 1.85. The van der Waals surface area contributed by atoms with Crippen molar-refractivity contribution in [2.45, 2.75) is 19.4 Å². The van der Waals surface area contributed by atoms with Gasteiger partial charge in [-0.25, -0.2) is 0 Å². The van der Waals surface area contributed by atoms with Gasteiger partial charge in [0.15, 0.2) is 0 Å². The van der Waals surface area contributed by atoms with Crippen molar-refractivity contribution in [2.24, 2.45) is 5.73 Å². The molecule has 0 aromatic carbocycles. The maximum Gasteiger partial charge on any atom is 0.0585 e. The summed E-state index contributed by atoms with van der Waals surface area (Å²) in [4.78, 5) is 3.97. The summed E-state index contributed by atoms with van der Waals surface area (Å²) in [6.07, 6.45) is 4.26. The van der Waals surface area contributed by atoms with Gasteiger partial charge in [-0.15, -0.1) is 12.4 Å². The molecule has 0 spiro atoms. The highest BCUT2D eigenvalue weighted by Crippen LogP contribution is 2.06. The minimum Gasteiger partial charge on any atom is -0.395 e. The molecule has 1 rings (SSSR count). The van der Waals surface area contributed by atoms with E-state index in [0.717, 1.165) is 11.1 Å². The minimum absolute atomic E-state index is 0. The largest absolute Gasteiger partial charge is 0.395 e. The van der Waals surface area contributed by atoms with Gasteiger partial charge in [0, 0.05) is 18.4 Å². The Morgan fingerprint density at radius 1 is 1.62 bits per heavy atom. The average molecular weight is 203 g/mol. The van der Waals surface area contributed by atoms with Crippen LogP contribution in [0.2, 0.25) is 0 Å². The Hall–Kier alpha value is -0.640. The smallest absolute Gasteiger partial charge is 0.0585 e. The van der Waals surface area contributed by atoms with Crippen LogP contribution in [0.1, 0.15) is 11.1 Å². The third kappa shape index (κ3) is 3.72. The standard InChI is InChI=1S/C9H14N2O.ClH/c1-7-5-11-3-2-8(7)4-9(10)6-12;/h2-3,5,9,12H,4,6,10H2,1H3;1H. The third-order valence-electron chi connectivity index (χ3n) is 1.85. The quantitative estimate of drug-likeness (QED) is 0.758. The number of halogens is 1. The maximum absolute atomic E-state index is 8.75. The second-order valence-electron chi connectivity index (χ2n) is 2.95. The predicted molar refractivity (Wildman–Crippen MR) is 55.0 cm³/mol. The fourth-order valence-electron chi connectivity index (χ4n) is 1.08. The van der Waals surface area contributed by atoms with Crippen molar-refractivity contribution in [1.29, 1.82) is 0 Å². The summed E-state index contributed by atoms with van der Waals surface area (Å²) in [6, 6.07) is 1.77. The second kappa shape index (κ2) is 5.91. The number of aryl methyl sites for hydroxylation is 1. The molecule has 0 saturated carbocycles. The molecule has 0 bridgehead atoms. The van der Waals surface area contributed by atoms with E-state index in [9.17, 15) is 0 Å². The van der Waals surface area contributed by atoms with Gasteiger partial charge in [-0.3, -0.25) is 4.98 Å².